The highest BCUT2D eigenvalue weighted by Crippen LogP contribution is 2.69. The summed E-state index contributed by atoms with van der Waals surface area (Å²) in [5.41, 5.74) is 0.839. The number of nitrogens with zero attached hydrogens (tertiary/aromatic N) is 2. The van der Waals surface area contributed by atoms with Crippen molar-refractivity contribution in [2.45, 2.75) is 148 Å². The van der Waals surface area contributed by atoms with E-state index in [-0.39, 0.29) is 23.6 Å². The van der Waals surface area contributed by atoms with Gasteiger partial charge in [0.05, 0.1) is 34.2 Å². The van der Waals surface area contributed by atoms with Crippen LogP contribution in [0.1, 0.15) is 99.3 Å². The van der Waals surface area contributed by atoms with Crippen molar-refractivity contribution in [1.29, 1.82) is 0 Å². The van der Waals surface area contributed by atoms with Crippen LogP contribution in [0.25, 0.3) is 11.1 Å². The van der Waals surface area contributed by atoms with Gasteiger partial charge in [-0.1, -0.05) is 12.8 Å². The molecule has 10 aliphatic rings. The molecule has 10 atom stereocenters. The maximum atomic E-state index is 12.8. The molecule has 6 N–H and O–H groups in total. The molecule has 2 aromatic rings. The number of phenols is 2. The van der Waals surface area contributed by atoms with E-state index in [0.29, 0.717) is 85.8 Å². The molecule has 2 saturated heterocycles. The van der Waals surface area contributed by atoms with Crippen LogP contribution in [0, 0.1) is 11.8 Å². The molecule has 4 heterocycles. The third-order valence-corrected chi connectivity index (χ3v) is 17.0. The van der Waals surface area contributed by atoms with E-state index in [9.17, 15) is 30.6 Å². The molecular weight excluding hydrogens is 660 g/mol. The zero-order valence-corrected chi connectivity index (χ0v) is 29.9. The van der Waals surface area contributed by atoms with Crippen LogP contribution in [-0.4, -0.2) is 114 Å². The predicted molar refractivity (Wildman–Crippen MR) is 190 cm³/mol. The largest absolute Gasteiger partial charge is 0.504 e. The van der Waals surface area contributed by atoms with Gasteiger partial charge < -0.3 is 40.1 Å². The molecule has 2 spiro atoms. The molecule has 52 heavy (non-hydrogen) atoms. The number of aliphatic hydroxyl groups excluding tert-OH is 2. The zero-order valence-electron chi connectivity index (χ0n) is 29.9. The van der Waals surface area contributed by atoms with Crippen molar-refractivity contribution >= 4 is 0 Å². The summed E-state index contributed by atoms with van der Waals surface area (Å²) in [6.07, 6.45) is 9.01. The van der Waals surface area contributed by atoms with Crippen molar-refractivity contribution in [3.63, 3.8) is 0 Å². The molecule has 4 saturated carbocycles. The van der Waals surface area contributed by atoms with Crippen LogP contribution in [0.2, 0.25) is 0 Å². The topological polar surface area (TPSA) is 146 Å². The Labute approximate surface area is 304 Å². The summed E-state index contributed by atoms with van der Waals surface area (Å²) in [6.45, 7) is 3.58. The molecule has 0 radical (unpaired) electrons. The lowest BCUT2D eigenvalue weighted by Gasteiger charge is -2.64. The molecule has 10 nitrogen and oxygen atoms in total. The van der Waals surface area contributed by atoms with E-state index in [0.717, 1.165) is 48.4 Å². The lowest BCUT2D eigenvalue weighted by Crippen LogP contribution is -2.77. The molecule has 0 aromatic heterocycles. The maximum Gasteiger partial charge on any atom is 0.166 e. The normalized spacial score (nSPS) is 43.9. The second-order valence-corrected chi connectivity index (χ2v) is 18.9. The Morgan fingerprint density at radius 2 is 1.04 bits per heavy atom. The molecule has 4 bridgehead atoms. The molecule has 0 amide bonds. The minimum Gasteiger partial charge on any atom is -0.504 e. The van der Waals surface area contributed by atoms with Crippen LogP contribution < -0.4 is 9.47 Å². The first-order valence-corrected chi connectivity index (χ1v) is 20.5. The average molecular weight is 713 g/mol. The highest BCUT2D eigenvalue weighted by molar-refractivity contribution is 5.86. The average Bonchev–Trinajstić information content (AvgIpc) is 3.63. The fraction of sp³-hybridized carbons (Fsp3) is 0.714. The van der Waals surface area contributed by atoms with E-state index in [1.165, 1.54) is 38.5 Å². The SMILES string of the molecule is Oc1c(-c2cc3c4c(c2O)O[C@H]2[C@@H](O)CC[C@@]5(O)[C@@H](C3)N(CC3CCC3)CC[C@]425)cc2c3c1O[C@H]1[C@@H](O)CC[C@@]4(O)[C@@H](C2)N(CC2CCC2)CC[C@]314. The lowest BCUT2D eigenvalue weighted by atomic mass is 9.48. The third-order valence-electron chi connectivity index (χ3n) is 17.0. The van der Waals surface area contributed by atoms with Crippen molar-refractivity contribution in [2.24, 2.45) is 11.8 Å². The summed E-state index contributed by atoms with van der Waals surface area (Å²) in [4.78, 5) is 5.01. The number of aliphatic hydroxyl groups is 4. The second-order valence-electron chi connectivity index (χ2n) is 18.9. The number of piperidine rings is 2. The minimum absolute atomic E-state index is 0.0809. The standard InChI is InChI=1S/C42H52N2O8/c45-27-7-9-41(49)29-17-23-15-25(33(47)35-31(23)39(41,37(27)51-35)11-13-43(29)19-21-3-1-4-21)26-16-24-18-30-42(50)10-8-28(46)38-40(42,32(24)36(52-38)34(26)48)12-14-44(30)20-22-5-2-6-22/h15-16,21-22,27-30,37-38,45-50H,1-14,17-20H2/t27-,28-,29+,30+,37-,38-,39-,40-,41+,42+/m0/s1. The van der Waals surface area contributed by atoms with E-state index in [2.05, 4.69) is 9.80 Å². The van der Waals surface area contributed by atoms with Gasteiger partial charge in [0.15, 0.2) is 23.0 Å². The van der Waals surface area contributed by atoms with E-state index in [1.807, 2.05) is 12.1 Å². The second kappa shape index (κ2) is 10.2. The molecule has 6 fully saturated rings. The van der Waals surface area contributed by atoms with Gasteiger partial charge in [0.1, 0.15) is 12.2 Å². The van der Waals surface area contributed by atoms with E-state index < -0.39 is 46.4 Å². The van der Waals surface area contributed by atoms with Gasteiger partial charge in [0.25, 0.3) is 0 Å². The van der Waals surface area contributed by atoms with Crippen LogP contribution >= 0.6 is 0 Å². The fourth-order valence-electron chi connectivity index (χ4n) is 14.2. The first-order valence-electron chi connectivity index (χ1n) is 20.5. The number of likely N-dealkylation sites (tertiary alicyclic amines) is 2. The monoisotopic (exact) mass is 712 g/mol. The number of benzene rings is 2. The Morgan fingerprint density at radius 1 is 0.615 bits per heavy atom. The molecule has 12 rings (SSSR count). The zero-order chi connectivity index (χ0) is 35.1. The highest BCUT2D eigenvalue weighted by Gasteiger charge is 2.75. The van der Waals surface area contributed by atoms with Crippen LogP contribution in [0.4, 0.5) is 0 Å². The number of rotatable bonds is 5. The molecule has 4 aliphatic heterocycles. The number of aromatic hydroxyl groups is 2. The number of hydrogen-bond donors (Lipinski definition) is 6. The summed E-state index contributed by atoms with van der Waals surface area (Å²) >= 11 is 0. The van der Waals surface area contributed by atoms with Crippen molar-refractivity contribution in [3.05, 3.63) is 34.4 Å². The van der Waals surface area contributed by atoms with Gasteiger partial charge in [-0.25, -0.2) is 0 Å². The molecule has 10 heteroatoms. The summed E-state index contributed by atoms with van der Waals surface area (Å²) in [7, 11) is 0. The Morgan fingerprint density at radius 3 is 1.42 bits per heavy atom. The van der Waals surface area contributed by atoms with Gasteiger partial charge in [-0.15, -0.1) is 0 Å². The van der Waals surface area contributed by atoms with Gasteiger partial charge in [0, 0.05) is 47.4 Å². The summed E-state index contributed by atoms with van der Waals surface area (Å²) < 4.78 is 13.3. The number of phenolic OH excluding ortho intramolecular Hbond substituents is 2. The Balaban J connectivity index is 1.02. The molecule has 2 aromatic carbocycles. The molecule has 6 aliphatic carbocycles. The van der Waals surface area contributed by atoms with Gasteiger partial charge in [-0.05, 0) is 125 Å². The van der Waals surface area contributed by atoms with E-state index in [1.54, 1.807) is 0 Å². The fourth-order valence-corrected chi connectivity index (χ4v) is 14.2. The third kappa shape index (κ3) is 3.47. The van der Waals surface area contributed by atoms with E-state index in [4.69, 9.17) is 9.47 Å². The summed E-state index contributed by atoms with van der Waals surface area (Å²) in [6, 6.07) is 3.76. The molecular formula is C42H52N2O8. The van der Waals surface area contributed by atoms with Crippen molar-refractivity contribution in [2.75, 3.05) is 26.2 Å². The summed E-state index contributed by atoms with van der Waals surface area (Å²) in [5, 5.41) is 73.0. The smallest absolute Gasteiger partial charge is 0.166 e. The Bertz CT molecular complexity index is 1780. The van der Waals surface area contributed by atoms with Crippen LogP contribution in [-0.2, 0) is 23.7 Å². The quantitative estimate of drug-likeness (QED) is 0.273. The molecule has 0 unspecified atom stereocenters. The van der Waals surface area contributed by atoms with Gasteiger partial charge >= 0.3 is 0 Å². The van der Waals surface area contributed by atoms with Crippen molar-refractivity contribution < 1.29 is 40.1 Å². The van der Waals surface area contributed by atoms with Crippen molar-refractivity contribution in [3.8, 4) is 34.1 Å². The van der Waals surface area contributed by atoms with Gasteiger partial charge in [-0.2, -0.15) is 0 Å². The van der Waals surface area contributed by atoms with Crippen LogP contribution in [0.3, 0.4) is 0 Å². The first-order chi connectivity index (χ1) is 25.1. The van der Waals surface area contributed by atoms with Crippen LogP contribution in [0.15, 0.2) is 12.1 Å². The number of ether oxygens (including phenoxy) is 2. The minimum atomic E-state index is -1.07. The van der Waals surface area contributed by atoms with Gasteiger partial charge in [0.2, 0.25) is 0 Å². The van der Waals surface area contributed by atoms with Gasteiger partial charge in [-0.3, -0.25) is 9.80 Å². The highest BCUT2D eigenvalue weighted by atomic mass is 16.5. The number of hydrogen-bond acceptors (Lipinski definition) is 10. The van der Waals surface area contributed by atoms with Crippen molar-refractivity contribution in [1.82, 2.24) is 9.80 Å². The van der Waals surface area contributed by atoms with E-state index >= 15 is 0 Å². The summed E-state index contributed by atoms with van der Waals surface area (Å²) in [5.74, 6) is 1.80. The molecule has 278 valence electrons. The lowest BCUT2D eigenvalue weighted by molar-refractivity contribution is -0.209. The van der Waals surface area contributed by atoms with Crippen LogP contribution in [0.5, 0.6) is 23.0 Å². The maximum absolute atomic E-state index is 12.8. The Kier molecular flexibility index (Phi) is 6.20. The Hall–Kier alpha value is -2.60. The predicted octanol–water partition coefficient (Wildman–Crippen LogP) is 3.40. The first kappa shape index (κ1) is 31.7.